The van der Waals surface area contributed by atoms with Crippen molar-refractivity contribution in [2.75, 3.05) is 27.3 Å². The van der Waals surface area contributed by atoms with Gasteiger partial charge in [-0.05, 0) is 44.5 Å². The highest BCUT2D eigenvalue weighted by Gasteiger charge is 2.22. The number of piperidine rings is 1. The second kappa shape index (κ2) is 7.32. The predicted molar refractivity (Wildman–Crippen MR) is 88.5 cm³/mol. The molecule has 5 nitrogen and oxygen atoms in total. The van der Waals surface area contributed by atoms with Crippen LogP contribution in [-0.2, 0) is 11.3 Å². The molecule has 0 N–H and O–H groups in total. The number of aromatic nitrogens is 1. The number of halogens is 1. The van der Waals surface area contributed by atoms with Crippen molar-refractivity contribution in [2.24, 2.45) is 0 Å². The summed E-state index contributed by atoms with van der Waals surface area (Å²) in [4.78, 5) is 6.82. The molecule has 1 atom stereocenters. The summed E-state index contributed by atoms with van der Waals surface area (Å²) in [5.74, 6) is 1.20. The third-order valence-corrected chi connectivity index (χ3v) is 4.47. The molecule has 1 unspecified atom stereocenters. The van der Waals surface area contributed by atoms with E-state index in [0.29, 0.717) is 29.5 Å². The van der Waals surface area contributed by atoms with Crippen LogP contribution in [0.4, 0.5) is 4.39 Å². The Bertz CT molecular complexity index is 702. The Hall–Kier alpha value is -1.92. The van der Waals surface area contributed by atoms with E-state index in [4.69, 9.17) is 13.9 Å². The summed E-state index contributed by atoms with van der Waals surface area (Å²) >= 11 is 0. The van der Waals surface area contributed by atoms with Crippen molar-refractivity contribution in [3.63, 3.8) is 0 Å². The minimum Gasteiger partial charge on any atom is -0.497 e. The summed E-state index contributed by atoms with van der Waals surface area (Å²) < 4.78 is 30.4. The molecular weight excluding hydrogens is 311 g/mol. The molecule has 0 saturated carbocycles. The summed E-state index contributed by atoms with van der Waals surface area (Å²) in [7, 11) is 3.30. The molecule has 0 radical (unpaired) electrons. The van der Waals surface area contributed by atoms with Gasteiger partial charge in [0.15, 0.2) is 0 Å². The molecule has 1 aromatic carbocycles. The van der Waals surface area contributed by atoms with Crippen molar-refractivity contribution in [3.8, 4) is 17.2 Å². The van der Waals surface area contributed by atoms with Crippen molar-refractivity contribution < 1.29 is 18.3 Å². The van der Waals surface area contributed by atoms with Gasteiger partial charge in [0, 0.05) is 20.2 Å². The molecule has 0 amide bonds. The van der Waals surface area contributed by atoms with Crippen molar-refractivity contribution in [3.05, 3.63) is 35.5 Å². The van der Waals surface area contributed by atoms with Crippen molar-refractivity contribution >= 4 is 0 Å². The van der Waals surface area contributed by atoms with Crippen molar-refractivity contribution in [2.45, 2.75) is 32.4 Å². The van der Waals surface area contributed by atoms with E-state index < -0.39 is 0 Å². The minimum atomic E-state index is -0.374. The van der Waals surface area contributed by atoms with E-state index >= 15 is 0 Å². The van der Waals surface area contributed by atoms with Gasteiger partial charge in [0.2, 0.25) is 5.89 Å². The summed E-state index contributed by atoms with van der Waals surface area (Å²) in [6.07, 6.45) is 2.46. The van der Waals surface area contributed by atoms with Gasteiger partial charge in [0.25, 0.3) is 0 Å². The summed E-state index contributed by atoms with van der Waals surface area (Å²) in [6, 6.07) is 4.54. The number of likely N-dealkylation sites (tertiary alicyclic amines) is 1. The largest absolute Gasteiger partial charge is 0.497 e. The van der Waals surface area contributed by atoms with Gasteiger partial charge >= 0.3 is 0 Å². The Labute approximate surface area is 141 Å². The molecule has 2 heterocycles. The average molecular weight is 334 g/mol. The fourth-order valence-electron chi connectivity index (χ4n) is 3.05. The van der Waals surface area contributed by atoms with Gasteiger partial charge in [-0.1, -0.05) is 0 Å². The summed E-state index contributed by atoms with van der Waals surface area (Å²) in [6.45, 7) is 4.43. The number of hydrogen-bond acceptors (Lipinski definition) is 5. The van der Waals surface area contributed by atoms with E-state index in [-0.39, 0.29) is 11.9 Å². The molecule has 130 valence electrons. The van der Waals surface area contributed by atoms with Crippen molar-refractivity contribution in [1.29, 1.82) is 0 Å². The van der Waals surface area contributed by atoms with Gasteiger partial charge in [0.1, 0.15) is 17.3 Å². The van der Waals surface area contributed by atoms with Crippen LogP contribution in [0.1, 0.15) is 24.3 Å². The van der Waals surface area contributed by atoms with E-state index in [0.717, 1.165) is 31.6 Å². The summed E-state index contributed by atoms with van der Waals surface area (Å²) in [5, 5.41) is 0. The van der Waals surface area contributed by atoms with Crippen LogP contribution in [0.5, 0.6) is 5.75 Å². The second-order valence-electron chi connectivity index (χ2n) is 6.10. The molecular formula is C18H23FN2O3. The predicted octanol–water partition coefficient (Wildman–Crippen LogP) is 3.41. The maximum absolute atomic E-state index is 14.1. The van der Waals surface area contributed by atoms with E-state index in [1.165, 1.54) is 6.07 Å². The van der Waals surface area contributed by atoms with Crippen LogP contribution >= 0.6 is 0 Å². The fourth-order valence-corrected chi connectivity index (χ4v) is 3.05. The van der Waals surface area contributed by atoms with E-state index in [2.05, 4.69) is 9.88 Å². The highest BCUT2D eigenvalue weighted by atomic mass is 19.1. The third-order valence-electron chi connectivity index (χ3n) is 4.47. The molecule has 1 aliphatic rings. The lowest BCUT2D eigenvalue weighted by Gasteiger charge is -2.31. The SMILES string of the molecule is COc1ccc(F)c(-c2nc(CN3CCCC(OC)C3)c(C)o2)c1. The number of methoxy groups -OCH3 is 2. The lowest BCUT2D eigenvalue weighted by Crippen LogP contribution is -2.38. The molecule has 1 saturated heterocycles. The molecule has 3 rings (SSSR count). The van der Waals surface area contributed by atoms with Crippen LogP contribution in [-0.4, -0.2) is 43.3 Å². The number of benzene rings is 1. The zero-order valence-electron chi connectivity index (χ0n) is 14.3. The number of aryl methyl sites for hydroxylation is 1. The zero-order valence-corrected chi connectivity index (χ0v) is 14.3. The highest BCUT2D eigenvalue weighted by Crippen LogP contribution is 2.28. The first-order valence-corrected chi connectivity index (χ1v) is 8.16. The first kappa shape index (κ1) is 16.9. The first-order chi connectivity index (χ1) is 11.6. The second-order valence-corrected chi connectivity index (χ2v) is 6.10. The number of rotatable bonds is 5. The molecule has 0 spiro atoms. The van der Waals surface area contributed by atoms with Crippen LogP contribution in [0.15, 0.2) is 22.6 Å². The molecule has 6 heteroatoms. The van der Waals surface area contributed by atoms with Gasteiger partial charge < -0.3 is 13.9 Å². The van der Waals surface area contributed by atoms with Crippen LogP contribution in [0.2, 0.25) is 0 Å². The maximum Gasteiger partial charge on any atom is 0.229 e. The van der Waals surface area contributed by atoms with Crippen LogP contribution in [0.3, 0.4) is 0 Å². The molecule has 2 aromatic rings. The van der Waals surface area contributed by atoms with Gasteiger partial charge in [-0.15, -0.1) is 0 Å². The maximum atomic E-state index is 14.1. The van der Waals surface area contributed by atoms with Gasteiger partial charge in [-0.2, -0.15) is 0 Å². The van der Waals surface area contributed by atoms with Crippen LogP contribution in [0, 0.1) is 12.7 Å². The molecule has 1 fully saturated rings. The zero-order chi connectivity index (χ0) is 17.1. The monoisotopic (exact) mass is 334 g/mol. The minimum absolute atomic E-state index is 0.265. The molecule has 0 aliphatic carbocycles. The van der Waals surface area contributed by atoms with Crippen LogP contribution < -0.4 is 4.74 Å². The molecule has 1 aromatic heterocycles. The highest BCUT2D eigenvalue weighted by molar-refractivity contribution is 5.57. The molecule has 1 aliphatic heterocycles. The van der Waals surface area contributed by atoms with Crippen molar-refractivity contribution in [1.82, 2.24) is 9.88 Å². The Morgan fingerprint density at radius 2 is 2.21 bits per heavy atom. The standard InChI is InChI=1S/C18H23FN2O3/c1-12-17(11-21-8-4-5-14(10-21)23-3)20-18(24-12)15-9-13(22-2)6-7-16(15)19/h6-7,9,14H,4-5,8,10-11H2,1-3H3. The van der Waals surface area contributed by atoms with Crippen LogP contribution in [0.25, 0.3) is 11.5 Å². The Balaban J connectivity index is 1.80. The molecule has 24 heavy (non-hydrogen) atoms. The van der Waals surface area contributed by atoms with Gasteiger partial charge in [0.05, 0.1) is 24.5 Å². The smallest absolute Gasteiger partial charge is 0.229 e. The third kappa shape index (κ3) is 3.60. The lowest BCUT2D eigenvalue weighted by atomic mass is 10.1. The molecule has 0 bridgehead atoms. The fraction of sp³-hybridized carbons (Fsp3) is 0.500. The number of hydrogen-bond donors (Lipinski definition) is 0. The van der Waals surface area contributed by atoms with E-state index in [1.54, 1.807) is 26.4 Å². The van der Waals surface area contributed by atoms with Gasteiger partial charge in [-0.3, -0.25) is 4.90 Å². The van der Waals surface area contributed by atoms with E-state index in [9.17, 15) is 4.39 Å². The van der Waals surface area contributed by atoms with E-state index in [1.807, 2.05) is 6.92 Å². The number of ether oxygens (including phenoxy) is 2. The topological polar surface area (TPSA) is 47.7 Å². The van der Waals surface area contributed by atoms with Gasteiger partial charge in [-0.25, -0.2) is 9.37 Å². The average Bonchev–Trinajstić information content (AvgIpc) is 2.96. The lowest BCUT2D eigenvalue weighted by molar-refractivity contribution is 0.0280. The normalized spacial score (nSPS) is 18.8. The Morgan fingerprint density at radius 1 is 1.38 bits per heavy atom. The number of oxazole rings is 1. The Kier molecular flexibility index (Phi) is 5.16. The number of nitrogens with zero attached hydrogens (tertiary/aromatic N) is 2. The summed E-state index contributed by atoms with van der Waals surface area (Å²) in [5.41, 5.74) is 1.15. The quantitative estimate of drug-likeness (QED) is 0.838. The first-order valence-electron chi connectivity index (χ1n) is 8.16. The Morgan fingerprint density at radius 3 is 2.96 bits per heavy atom.